The number of rotatable bonds is 8. The highest BCUT2D eigenvalue weighted by atomic mass is 35.5. The first kappa shape index (κ1) is 20.6. The molecule has 148 valence electrons. The van der Waals surface area contributed by atoms with Gasteiger partial charge in [-0.25, -0.2) is 4.98 Å². The van der Waals surface area contributed by atoms with Crippen LogP contribution in [-0.2, 0) is 0 Å². The summed E-state index contributed by atoms with van der Waals surface area (Å²) in [7, 11) is 1.60. The Morgan fingerprint density at radius 2 is 1.96 bits per heavy atom. The number of halogens is 1. The smallest absolute Gasteiger partial charge is 0.260 e. The van der Waals surface area contributed by atoms with E-state index in [1.165, 1.54) is 16.2 Å². The average molecular weight is 419 g/mol. The number of nitrogens with zero attached hydrogens (tertiary/aromatic N) is 2. The van der Waals surface area contributed by atoms with Crippen molar-refractivity contribution in [2.24, 2.45) is 0 Å². The van der Waals surface area contributed by atoms with Crippen LogP contribution in [0.4, 0.5) is 5.13 Å². The van der Waals surface area contributed by atoms with Gasteiger partial charge in [0.2, 0.25) is 0 Å². The Morgan fingerprint density at radius 3 is 2.64 bits per heavy atom. The molecule has 1 amide bonds. The fraction of sp³-hybridized carbons (Fsp3) is 0.333. The van der Waals surface area contributed by atoms with Gasteiger partial charge >= 0.3 is 0 Å². The molecule has 5 nitrogen and oxygen atoms in total. The number of thiazole rings is 1. The summed E-state index contributed by atoms with van der Waals surface area (Å²) in [6.45, 7) is 7.79. The minimum atomic E-state index is -0.0827. The fourth-order valence-electron chi connectivity index (χ4n) is 3.09. The van der Waals surface area contributed by atoms with Crippen LogP contribution in [0.15, 0.2) is 42.5 Å². The van der Waals surface area contributed by atoms with Crippen molar-refractivity contribution in [2.45, 2.75) is 13.8 Å². The number of nitrogens with one attached hydrogen (secondary N) is 1. The largest absolute Gasteiger partial charge is 0.497 e. The van der Waals surface area contributed by atoms with Gasteiger partial charge in [-0.3, -0.25) is 9.69 Å². The van der Waals surface area contributed by atoms with Gasteiger partial charge in [0.05, 0.1) is 43.0 Å². The molecular weight excluding hydrogens is 394 g/mol. The summed E-state index contributed by atoms with van der Waals surface area (Å²) in [4.78, 5) is 21.2. The number of methoxy groups -OCH3 is 1. The van der Waals surface area contributed by atoms with Crippen molar-refractivity contribution in [3.8, 4) is 5.75 Å². The number of para-hydroxylation sites is 1. The lowest BCUT2D eigenvalue weighted by atomic mass is 10.2. The van der Waals surface area contributed by atoms with Crippen LogP contribution in [0.25, 0.3) is 10.2 Å². The van der Waals surface area contributed by atoms with Gasteiger partial charge < -0.3 is 9.64 Å². The first-order valence-corrected chi connectivity index (χ1v) is 10.6. The zero-order valence-corrected chi connectivity index (χ0v) is 17.9. The van der Waals surface area contributed by atoms with Crippen LogP contribution in [0.1, 0.15) is 24.2 Å². The van der Waals surface area contributed by atoms with E-state index in [9.17, 15) is 4.79 Å². The van der Waals surface area contributed by atoms with Crippen molar-refractivity contribution in [2.75, 3.05) is 38.2 Å². The number of quaternary nitrogens is 1. The maximum atomic E-state index is 13.4. The molecule has 0 spiro atoms. The predicted octanol–water partition coefficient (Wildman–Crippen LogP) is 3.53. The number of hydrogen-bond acceptors (Lipinski definition) is 4. The van der Waals surface area contributed by atoms with Gasteiger partial charge in [-0.05, 0) is 44.2 Å². The van der Waals surface area contributed by atoms with E-state index in [1.807, 2.05) is 36.4 Å². The molecule has 0 fully saturated rings. The highest BCUT2D eigenvalue weighted by Crippen LogP contribution is 2.33. The van der Waals surface area contributed by atoms with Crippen LogP contribution >= 0.6 is 22.9 Å². The fourth-order valence-corrected chi connectivity index (χ4v) is 4.38. The zero-order valence-electron chi connectivity index (χ0n) is 16.4. The van der Waals surface area contributed by atoms with E-state index >= 15 is 0 Å². The van der Waals surface area contributed by atoms with Crippen molar-refractivity contribution in [3.63, 3.8) is 0 Å². The zero-order chi connectivity index (χ0) is 20.1. The Labute approximate surface area is 174 Å². The van der Waals surface area contributed by atoms with Crippen LogP contribution in [0.3, 0.4) is 0 Å². The molecule has 0 radical (unpaired) electrons. The molecule has 3 rings (SSSR count). The third-order valence-corrected chi connectivity index (χ3v) is 6.19. The van der Waals surface area contributed by atoms with Crippen LogP contribution in [-0.4, -0.2) is 44.2 Å². The maximum Gasteiger partial charge on any atom is 0.260 e. The molecule has 0 atom stereocenters. The second kappa shape index (κ2) is 9.37. The minimum absolute atomic E-state index is 0.0827. The third kappa shape index (κ3) is 4.46. The Bertz CT molecular complexity index is 956. The van der Waals surface area contributed by atoms with Crippen LogP contribution in [0.2, 0.25) is 5.02 Å². The molecule has 0 bridgehead atoms. The van der Waals surface area contributed by atoms with E-state index in [0.29, 0.717) is 28.0 Å². The highest BCUT2D eigenvalue weighted by Gasteiger charge is 2.23. The maximum absolute atomic E-state index is 13.4. The number of fused-ring (bicyclic) bond motifs is 1. The number of aromatic nitrogens is 1. The number of likely N-dealkylation sites (N-methyl/N-ethyl adjacent to an activating group) is 1. The van der Waals surface area contributed by atoms with Gasteiger partial charge in [0, 0.05) is 5.56 Å². The van der Waals surface area contributed by atoms with Crippen molar-refractivity contribution in [1.82, 2.24) is 4.98 Å². The van der Waals surface area contributed by atoms with Gasteiger partial charge in [-0.1, -0.05) is 35.1 Å². The first-order valence-electron chi connectivity index (χ1n) is 9.41. The standard InChI is InChI=1S/C21H24ClN3O2S/c1-4-24(5-2)12-13-25(20(26)15-8-6-9-16(14-15)27-3)21-23-19-17(22)10-7-11-18(19)28-21/h6-11,14H,4-5,12-13H2,1-3H3/p+1. The van der Waals surface area contributed by atoms with Gasteiger partial charge in [0.15, 0.2) is 5.13 Å². The van der Waals surface area contributed by atoms with Gasteiger partial charge in [-0.2, -0.15) is 0 Å². The lowest BCUT2D eigenvalue weighted by Crippen LogP contribution is -3.12. The van der Waals surface area contributed by atoms with Crippen molar-refractivity contribution < 1.29 is 14.4 Å². The summed E-state index contributed by atoms with van der Waals surface area (Å²) >= 11 is 7.79. The number of carbonyl (C=O) groups is 1. The van der Waals surface area contributed by atoms with E-state index in [4.69, 9.17) is 16.3 Å². The molecule has 0 unspecified atom stereocenters. The Balaban J connectivity index is 1.97. The molecule has 2 aromatic carbocycles. The second-order valence-electron chi connectivity index (χ2n) is 6.48. The summed E-state index contributed by atoms with van der Waals surface area (Å²) in [5.41, 5.74) is 1.32. The lowest BCUT2D eigenvalue weighted by molar-refractivity contribution is -0.894. The molecule has 28 heavy (non-hydrogen) atoms. The normalized spacial score (nSPS) is 11.2. The monoisotopic (exact) mass is 418 g/mol. The van der Waals surface area contributed by atoms with Crippen molar-refractivity contribution in [1.29, 1.82) is 0 Å². The molecule has 1 N–H and O–H groups in total. The van der Waals surface area contributed by atoms with E-state index in [2.05, 4.69) is 18.8 Å². The molecule has 0 aliphatic rings. The van der Waals surface area contributed by atoms with E-state index in [1.54, 1.807) is 18.1 Å². The molecule has 0 saturated heterocycles. The average Bonchev–Trinajstić information content (AvgIpc) is 3.16. The topological polar surface area (TPSA) is 46.9 Å². The SMILES string of the molecule is CC[NH+](CC)CCN(C(=O)c1cccc(OC)c1)c1nc2c(Cl)cccc2s1. The summed E-state index contributed by atoms with van der Waals surface area (Å²) < 4.78 is 6.26. The van der Waals surface area contributed by atoms with Crippen molar-refractivity contribution >= 4 is 44.2 Å². The number of amides is 1. The Kier molecular flexibility index (Phi) is 6.88. The summed E-state index contributed by atoms with van der Waals surface area (Å²) in [5, 5.41) is 1.27. The van der Waals surface area contributed by atoms with Crippen LogP contribution in [0.5, 0.6) is 5.75 Å². The molecule has 7 heteroatoms. The van der Waals surface area contributed by atoms with E-state index in [0.717, 1.165) is 29.9 Å². The van der Waals surface area contributed by atoms with Crippen LogP contribution in [0, 0.1) is 0 Å². The third-order valence-electron chi connectivity index (χ3n) is 4.84. The molecular formula is C21H25ClN3O2S+. The quantitative estimate of drug-likeness (QED) is 0.608. The predicted molar refractivity (Wildman–Crippen MR) is 116 cm³/mol. The molecule has 0 saturated carbocycles. The summed E-state index contributed by atoms with van der Waals surface area (Å²) in [5.74, 6) is 0.577. The molecule has 3 aromatic rings. The molecule has 0 aliphatic carbocycles. The Morgan fingerprint density at radius 1 is 1.21 bits per heavy atom. The van der Waals surface area contributed by atoms with Gasteiger partial charge in [-0.15, -0.1) is 0 Å². The van der Waals surface area contributed by atoms with Crippen molar-refractivity contribution in [3.05, 3.63) is 53.1 Å². The number of ether oxygens (including phenoxy) is 1. The summed E-state index contributed by atoms with van der Waals surface area (Å²) in [6.07, 6.45) is 0. The van der Waals surface area contributed by atoms with E-state index < -0.39 is 0 Å². The van der Waals surface area contributed by atoms with Gasteiger partial charge in [0.1, 0.15) is 11.3 Å². The number of benzene rings is 2. The van der Waals surface area contributed by atoms with Gasteiger partial charge in [0.25, 0.3) is 5.91 Å². The second-order valence-corrected chi connectivity index (χ2v) is 7.90. The lowest BCUT2D eigenvalue weighted by Gasteiger charge is -2.23. The number of anilines is 1. The van der Waals surface area contributed by atoms with Crippen LogP contribution < -0.4 is 14.5 Å². The van der Waals surface area contributed by atoms with E-state index in [-0.39, 0.29) is 5.91 Å². The highest BCUT2D eigenvalue weighted by molar-refractivity contribution is 7.22. The first-order chi connectivity index (χ1) is 13.6. The number of hydrogen-bond donors (Lipinski definition) is 1. The minimum Gasteiger partial charge on any atom is -0.497 e. The molecule has 0 aliphatic heterocycles. The molecule has 1 heterocycles. The Hall–Kier alpha value is -2.15. The summed E-state index contributed by atoms with van der Waals surface area (Å²) in [6, 6.07) is 12.9. The number of carbonyl (C=O) groups excluding carboxylic acids is 1. The molecule has 1 aromatic heterocycles.